The number of nitrogens with one attached hydrogen (secondary N) is 1. The lowest BCUT2D eigenvalue weighted by atomic mass is 9.76. The molecule has 1 aromatic rings. The predicted octanol–water partition coefficient (Wildman–Crippen LogP) is 3.27. The summed E-state index contributed by atoms with van der Waals surface area (Å²) in [5, 5.41) is 2.84. The van der Waals surface area contributed by atoms with E-state index in [1.54, 1.807) is 6.92 Å². The number of unbranched alkanes of at least 4 members (excludes halogenated alkanes) is 1. The van der Waals surface area contributed by atoms with E-state index in [0.29, 0.717) is 42.0 Å². The van der Waals surface area contributed by atoms with Gasteiger partial charge in [-0.15, -0.1) is 0 Å². The highest BCUT2D eigenvalue weighted by Gasteiger charge is 2.36. The summed E-state index contributed by atoms with van der Waals surface area (Å²) < 4.78 is 5.70. The predicted molar refractivity (Wildman–Crippen MR) is 77.1 cm³/mol. The van der Waals surface area contributed by atoms with E-state index in [4.69, 9.17) is 4.42 Å². The van der Waals surface area contributed by atoms with Gasteiger partial charge in [0.05, 0.1) is 5.56 Å². The zero-order valence-electron chi connectivity index (χ0n) is 12.8. The Morgan fingerprint density at radius 2 is 2.05 bits per heavy atom. The Morgan fingerprint density at radius 1 is 1.35 bits per heavy atom. The van der Waals surface area contributed by atoms with Crippen molar-refractivity contribution in [2.75, 3.05) is 6.54 Å². The standard InChI is InChI=1S/C16H23NO3/c1-5-6-7-17-15(19)14-10(2)13-11(18)8-16(3,4)9-12(13)20-14/h5-9H2,1-4H3,(H,17,19). The Morgan fingerprint density at radius 3 is 2.70 bits per heavy atom. The molecule has 20 heavy (non-hydrogen) atoms. The summed E-state index contributed by atoms with van der Waals surface area (Å²) in [6.07, 6.45) is 3.19. The number of rotatable bonds is 4. The molecule has 4 nitrogen and oxygen atoms in total. The normalized spacial score (nSPS) is 16.9. The lowest BCUT2D eigenvalue weighted by Crippen LogP contribution is -2.26. The number of furan rings is 1. The molecule has 0 spiro atoms. The molecule has 0 bridgehead atoms. The van der Waals surface area contributed by atoms with Crippen molar-refractivity contribution in [3.63, 3.8) is 0 Å². The molecule has 4 heteroatoms. The number of Topliss-reactive ketones (excluding diaryl/α,β-unsaturated/α-hetero) is 1. The fraction of sp³-hybridized carbons (Fsp3) is 0.625. The summed E-state index contributed by atoms with van der Waals surface area (Å²) in [4.78, 5) is 24.3. The maximum absolute atomic E-state index is 12.2. The van der Waals surface area contributed by atoms with E-state index in [0.717, 1.165) is 12.8 Å². The average Bonchev–Trinajstić information content (AvgIpc) is 2.65. The van der Waals surface area contributed by atoms with Gasteiger partial charge in [0, 0.05) is 24.9 Å². The summed E-state index contributed by atoms with van der Waals surface area (Å²) in [6.45, 7) is 8.61. The van der Waals surface area contributed by atoms with Gasteiger partial charge in [-0.1, -0.05) is 27.2 Å². The number of fused-ring (bicyclic) bond motifs is 1. The maximum Gasteiger partial charge on any atom is 0.287 e. The molecular formula is C16H23NO3. The topological polar surface area (TPSA) is 59.3 Å². The van der Waals surface area contributed by atoms with Crippen molar-refractivity contribution in [2.24, 2.45) is 5.41 Å². The van der Waals surface area contributed by atoms with Crippen LogP contribution in [0.25, 0.3) is 0 Å². The first kappa shape index (κ1) is 14.8. The molecule has 0 aromatic carbocycles. The van der Waals surface area contributed by atoms with Crippen molar-refractivity contribution in [1.82, 2.24) is 5.32 Å². The van der Waals surface area contributed by atoms with Gasteiger partial charge < -0.3 is 9.73 Å². The molecule has 0 saturated heterocycles. The Kier molecular flexibility index (Phi) is 4.02. The fourth-order valence-electron chi connectivity index (χ4n) is 2.76. The van der Waals surface area contributed by atoms with E-state index < -0.39 is 0 Å². The van der Waals surface area contributed by atoms with Crippen molar-refractivity contribution in [1.29, 1.82) is 0 Å². The van der Waals surface area contributed by atoms with Crippen molar-refractivity contribution in [3.8, 4) is 0 Å². The van der Waals surface area contributed by atoms with Crippen LogP contribution in [-0.2, 0) is 6.42 Å². The Hall–Kier alpha value is -1.58. The van der Waals surface area contributed by atoms with Crippen LogP contribution in [-0.4, -0.2) is 18.2 Å². The number of carbonyl (C=O) groups excluding carboxylic acids is 2. The summed E-state index contributed by atoms with van der Waals surface area (Å²) in [7, 11) is 0. The summed E-state index contributed by atoms with van der Waals surface area (Å²) in [5.41, 5.74) is 1.23. The maximum atomic E-state index is 12.2. The third kappa shape index (κ3) is 2.79. The summed E-state index contributed by atoms with van der Waals surface area (Å²) >= 11 is 0. The monoisotopic (exact) mass is 277 g/mol. The molecule has 0 atom stereocenters. The lowest BCUT2D eigenvalue weighted by Gasteiger charge is -2.27. The number of ketones is 1. The van der Waals surface area contributed by atoms with Crippen LogP contribution >= 0.6 is 0 Å². The molecule has 2 rings (SSSR count). The SMILES string of the molecule is CCCCNC(=O)c1oc2c(c1C)C(=O)CC(C)(C)C2. The first-order valence-electron chi connectivity index (χ1n) is 7.29. The number of amides is 1. The molecule has 0 unspecified atom stereocenters. The Labute approximate surface area is 119 Å². The average molecular weight is 277 g/mol. The molecule has 1 heterocycles. The quantitative estimate of drug-likeness (QED) is 0.859. The molecule has 0 saturated carbocycles. The first-order valence-corrected chi connectivity index (χ1v) is 7.29. The van der Waals surface area contributed by atoms with E-state index in [2.05, 4.69) is 12.2 Å². The van der Waals surface area contributed by atoms with E-state index >= 15 is 0 Å². The molecule has 1 amide bonds. The number of hydrogen-bond donors (Lipinski definition) is 1. The van der Waals surface area contributed by atoms with Gasteiger partial charge in [-0.3, -0.25) is 9.59 Å². The molecule has 1 N–H and O–H groups in total. The highest BCUT2D eigenvalue weighted by atomic mass is 16.4. The van der Waals surface area contributed by atoms with Crippen LogP contribution in [0.3, 0.4) is 0 Å². The second kappa shape index (κ2) is 5.43. The zero-order valence-corrected chi connectivity index (χ0v) is 12.8. The van der Waals surface area contributed by atoms with Gasteiger partial charge in [0.25, 0.3) is 5.91 Å². The van der Waals surface area contributed by atoms with E-state index in [1.807, 2.05) is 13.8 Å². The van der Waals surface area contributed by atoms with Crippen LogP contribution in [0.5, 0.6) is 0 Å². The highest BCUT2D eigenvalue weighted by molar-refractivity contribution is 6.03. The molecule has 0 aliphatic heterocycles. The summed E-state index contributed by atoms with van der Waals surface area (Å²) in [6, 6.07) is 0. The van der Waals surface area contributed by atoms with Crippen LogP contribution in [0, 0.1) is 12.3 Å². The van der Waals surface area contributed by atoms with Gasteiger partial charge in [-0.25, -0.2) is 0 Å². The second-order valence-corrected chi connectivity index (χ2v) is 6.40. The first-order chi connectivity index (χ1) is 9.35. The van der Waals surface area contributed by atoms with Gasteiger partial charge in [0.2, 0.25) is 0 Å². The second-order valence-electron chi connectivity index (χ2n) is 6.40. The van der Waals surface area contributed by atoms with Crippen molar-refractivity contribution in [3.05, 3.63) is 22.6 Å². The van der Waals surface area contributed by atoms with Crippen LogP contribution in [0.4, 0.5) is 0 Å². The van der Waals surface area contributed by atoms with E-state index in [-0.39, 0.29) is 17.1 Å². The molecular weight excluding hydrogens is 254 g/mol. The Balaban J connectivity index is 2.26. The zero-order chi connectivity index (χ0) is 14.9. The van der Waals surface area contributed by atoms with Crippen LogP contribution in [0.1, 0.15) is 72.3 Å². The molecule has 110 valence electrons. The lowest BCUT2D eigenvalue weighted by molar-refractivity contribution is 0.0889. The van der Waals surface area contributed by atoms with Crippen LogP contribution in [0.2, 0.25) is 0 Å². The number of carbonyl (C=O) groups is 2. The van der Waals surface area contributed by atoms with Gasteiger partial charge >= 0.3 is 0 Å². The molecule has 0 fully saturated rings. The molecule has 1 aliphatic rings. The minimum absolute atomic E-state index is 0.0881. The van der Waals surface area contributed by atoms with Crippen LogP contribution in [0.15, 0.2) is 4.42 Å². The minimum atomic E-state index is -0.212. The third-order valence-electron chi connectivity index (χ3n) is 3.80. The summed E-state index contributed by atoms with van der Waals surface area (Å²) in [5.74, 6) is 0.850. The number of hydrogen-bond acceptors (Lipinski definition) is 3. The van der Waals surface area contributed by atoms with E-state index in [9.17, 15) is 9.59 Å². The van der Waals surface area contributed by atoms with Gasteiger partial charge in [0.1, 0.15) is 5.76 Å². The van der Waals surface area contributed by atoms with Crippen molar-refractivity contribution >= 4 is 11.7 Å². The molecule has 0 radical (unpaired) electrons. The van der Waals surface area contributed by atoms with Gasteiger partial charge in [-0.2, -0.15) is 0 Å². The smallest absolute Gasteiger partial charge is 0.287 e. The molecule has 1 aliphatic carbocycles. The van der Waals surface area contributed by atoms with Gasteiger partial charge in [-0.05, 0) is 18.8 Å². The fourth-order valence-corrected chi connectivity index (χ4v) is 2.76. The van der Waals surface area contributed by atoms with E-state index in [1.165, 1.54) is 0 Å². The minimum Gasteiger partial charge on any atom is -0.455 e. The highest BCUT2D eigenvalue weighted by Crippen LogP contribution is 2.38. The van der Waals surface area contributed by atoms with Crippen LogP contribution < -0.4 is 5.32 Å². The molecule has 1 aromatic heterocycles. The van der Waals surface area contributed by atoms with Crippen molar-refractivity contribution in [2.45, 2.75) is 53.4 Å². The third-order valence-corrected chi connectivity index (χ3v) is 3.80. The van der Waals surface area contributed by atoms with Crippen molar-refractivity contribution < 1.29 is 14.0 Å². The van der Waals surface area contributed by atoms with Gasteiger partial charge in [0.15, 0.2) is 11.5 Å². The Bertz CT molecular complexity index is 540. The largest absolute Gasteiger partial charge is 0.455 e.